The largest absolute Gasteiger partial charge is 0.482 e. The summed E-state index contributed by atoms with van der Waals surface area (Å²) in [5.41, 5.74) is 2.26. The number of rotatable bonds is 10. The smallest absolute Gasteiger partial charge is 0.230 e. The number of benzene rings is 1. The van der Waals surface area contributed by atoms with Crippen LogP contribution in [0.2, 0.25) is 0 Å². The van der Waals surface area contributed by atoms with E-state index >= 15 is 0 Å². The second kappa shape index (κ2) is 10.2. The van der Waals surface area contributed by atoms with Crippen LogP contribution in [0.1, 0.15) is 35.7 Å². The van der Waals surface area contributed by atoms with Crippen molar-refractivity contribution in [3.63, 3.8) is 0 Å². The molecule has 0 saturated heterocycles. The summed E-state index contributed by atoms with van der Waals surface area (Å²) < 4.78 is 13.3. The lowest BCUT2D eigenvalue weighted by Crippen LogP contribution is -2.24. The van der Waals surface area contributed by atoms with Crippen LogP contribution in [0.15, 0.2) is 58.8 Å². The number of carbonyl (C=O) groups excluding carboxylic acids is 1. The van der Waals surface area contributed by atoms with Crippen molar-refractivity contribution in [2.45, 2.75) is 45.1 Å². The molecule has 2 heterocycles. The molecule has 0 aliphatic heterocycles. The van der Waals surface area contributed by atoms with Crippen LogP contribution in [0.4, 0.5) is 0 Å². The van der Waals surface area contributed by atoms with E-state index in [1.807, 2.05) is 36.6 Å². The number of ether oxygens (including phenoxy) is 1. The van der Waals surface area contributed by atoms with E-state index < -0.39 is 0 Å². The summed E-state index contributed by atoms with van der Waals surface area (Å²) in [7, 11) is 0. The first-order chi connectivity index (χ1) is 14.5. The molecule has 1 atom stereocenters. The Labute approximate surface area is 180 Å². The van der Waals surface area contributed by atoms with E-state index in [9.17, 15) is 4.79 Å². The number of aromatic nitrogens is 3. The van der Waals surface area contributed by atoms with Crippen molar-refractivity contribution in [3.05, 3.63) is 72.0 Å². The van der Waals surface area contributed by atoms with Crippen molar-refractivity contribution < 1.29 is 13.9 Å². The number of amides is 1. The van der Waals surface area contributed by atoms with Crippen molar-refractivity contribution in [2.24, 2.45) is 0 Å². The zero-order valence-electron chi connectivity index (χ0n) is 17.4. The van der Waals surface area contributed by atoms with Gasteiger partial charge in [0.15, 0.2) is 17.1 Å². The molecule has 0 aliphatic rings. The van der Waals surface area contributed by atoms with E-state index in [0.717, 1.165) is 11.3 Å². The number of nitrogens with one attached hydrogen (secondary N) is 1. The monoisotopic (exact) mass is 426 g/mol. The molecular formula is C22H26N4O3S. The maximum atomic E-state index is 12.2. The summed E-state index contributed by atoms with van der Waals surface area (Å²) in [6.07, 6.45) is 3.05. The fourth-order valence-corrected chi connectivity index (χ4v) is 3.75. The number of furan rings is 1. The van der Waals surface area contributed by atoms with Gasteiger partial charge < -0.3 is 14.5 Å². The molecule has 0 bridgehead atoms. The quantitative estimate of drug-likeness (QED) is 0.386. The molecule has 158 valence electrons. The van der Waals surface area contributed by atoms with Gasteiger partial charge >= 0.3 is 0 Å². The van der Waals surface area contributed by atoms with Gasteiger partial charge in [-0.2, -0.15) is 0 Å². The molecule has 8 heteroatoms. The minimum absolute atomic E-state index is 0.106. The van der Waals surface area contributed by atoms with E-state index in [2.05, 4.69) is 35.1 Å². The van der Waals surface area contributed by atoms with Crippen LogP contribution in [0.25, 0.3) is 0 Å². The molecule has 1 unspecified atom stereocenters. The molecule has 0 saturated carbocycles. The fraction of sp³-hybridized carbons (Fsp3) is 0.318. The second-order valence-electron chi connectivity index (χ2n) is 6.91. The molecule has 0 fully saturated rings. The second-order valence-corrected chi connectivity index (χ2v) is 7.86. The summed E-state index contributed by atoms with van der Waals surface area (Å²) in [5.74, 6) is 2.33. The first-order valence-corrected chi connectivity index (χ1v) is 10.7. The molecule has 2 aromatic heterocycles. The van der Waals surface area contributed by atoms with E-state index in [4.69, 9.17) is 9.15 Å². The highest BCUT2D eigenvalue weighted by Crippen LogP contribution is 2.27. The normalized spacial score (nSPS) is 11.8. The SMILES string of the molecule is C=CCn1c(SCC(=O)NCc2ccco2)nnc1C(C)Oc1ccc(C)cc1C. The van der Waals surface area contributed by atoms with Gasteiger partial charge in [-0.1, -0.05) is 35.5 Å². The van der Waals surface area contributed by atoms with Crippen LogP contribution in [-0.4, -0.2) is 26.4 Å². The Balaban J connectivity index is 1.64. The molecule has 1 N–H and O–H groups in total. The average Bonchev–Trinajstić information content (AvgIpc) is 3.37. The molecule has 7 nitrogen and oxygen atoms in total. The number of hydrogen-bond acceptors (Lipinski definition) is 6. The Bertz CT molecular complexity index is 998. The predicted molar refractivity (Wildman–Crippen MR) is 116 cm³/mol. The number of hydrogen-bond donors (Lipinski definition) is 1. The van der Waals surface area contributed by atoms with Gasteiger partial charge in [0.25, 0.3) is 0 Å². The highest BCUT2D eigenvalue weighted by Gasteiger charge is 2.20. The Hall–Kier alpha value is -3.00. The molecule has 0 spiro atoms. The third-order valence-corrected chi connectivity index (χ3v) is 5.39. The standard InChI is InChI=1S/C22H26N4O3S/c1-5-10-26-21(17(4)29-19-9-8-15(2)12-16(19)3)24-25-22(26)30-14-20(27)23-13-18-7-6-11-28-18/h5-9,11-12,17H,1,10,13-14H2,2-4H3,(H,23,27). The van der Waals surface area contributed by atoms with Gasteiger partial charge in [0.2, 0.25) is 5.91 Å². The van der Waals surface area contributed by atoms with Crippen molar-refractivity contribution >= 4 is 17.7 Å². The summed E-state index contributed by atoms with van der Waals surface area (Å²) >= 11 is 1.33. The van der Waals surface area contributed by atoms with E-state index in [0.29, 0.717) is 29.8 Å². The van der Waals surface area contributed by atoms with Crippen LogP contribution in [0.3, 0.4) is 0 Å². The fourth-order valence-electron chi connectivity index (χ4n) is 2.96. The number of aryl methyl sites for hydroxylation is 2. The highest BCUT2D eigenvalue weighted by atomic mass is 32.2. The van der Waals surface area contributed by atoms with Crippen molar-refractivity contribution in [3.8, 4) is 5.75 Å². The molecule has 3 aromatic rings. The lowest BCUT2D eigenvalue weighted by atomic mass is 10.1. The summed E-state index contributed by atoms with van der Waals surface area (Å²) in [6.45, 7) is 10.7. The molecule has 1 aromatic carbocycles. The van der Waals surface area contributed by atoms with Gasteiger partial charge in [-0.25, -0.2) is 0 Å². The van der Waals surface area contributed by atoms with Crippen LogP contribution in [0.5, 0.6) is 5.75 Å². The van der Waals surface area contributed by atoms with E-state index in [1.165, 1.54) is 17.3 Å². The predicted octanol–water partition coefficient (Wildman–Crippen LogP) is 4.22. The van der Waals surface area contributed by atoms with Gasteiger partial charge in [0, 0.05) is 6.54 Å². The van der Waals surface area contributed by atoms with Gasteiger partial charge in [-0.05, 0) is 44.5 Å². The Morgan fingerprint density at radius 2 is 2.20 bits per heavy atom. The maximum absolute atomic E-state index is 12.2. The van der Waals surface area contributed by atoms with Crippen LogP contribution < -0.4 is 10.1 Å². The van der Waals surface area contributed by atoms with E-state index in [1.54, 1.807) is 18.4 Å². The maximum Gasteiger partial charge on any atom is 0.230 e. The number of carbonyl (C=O) groups is 1. The van der Waals surface area contributed by atoms with Gasteiger partial charge in [-0.3, -0.25) is 9.36 Å². The highest BCUT2D eigenvalue weighted by molar-refractivity contribution is 7.99. The van der Waals surface area contributed by atoms with Crippen LogP contribution >= 0.6 is 11.8 Å². The Morgan fingerprint density at radius 3 is 2.90 bits per heavy atom. The molecule has 0 aliphatic carbocycles. The number of allylic oxidation sites excluding steroid dienone is 1. The lowest BCUT2D eigenvalue weighted by Gasteiger charge is -2.17. The minimum atomic E-state index is -0.305. The molecule has 1 amide bonds. The summed E-state index contributed by atoms with van der Waals surface area (Å²) in [5, 5.41) is 12.1. The van der Waals surface area contributed by atoms with Gasteiger partial charge in [0.1, 0.15) is 11.5 Å². The topological polar surface area (TPSA) is 82.2 Å². The Kier molecular flexibility index (Phi) is 7.35. The first kappa shape index (κ1) is 21.7. The van der Waals surface area contributed by atoms with E-state index in [-0.39, 0.29) is 17.8 Å². The summed E-state index contributed by atoms with van der Waals surface area (Å²) in [6, 6.07) is 9.67. The average molecular weight is 427 g/mol. The minimum Gasteiger partial charge on any atom is -0.482 e. The van der Waals surface area contributed by atoms with Crippen molar-refractivity contribution in [1.29, 1.82) is 0 Å². The first-order valence-electron chi connectivity index (χ1n) is 9.67. The zero-order chi connectivity index (χ0) is 21.5. The summed E-state index contributed by atoms with van der Waals surface area (Å²) in [4.78, 5) is 12.2. The zero-order valence-corrected chi connectivity index (χ0v) is 18.2. The molecular weight excluding hydrogens is 400 g/mol. The molecule has 3 rings (SSSR count). The van der Waals surface area contributed by atoms with Crippen molar-refractivity contribution in [2.75, 3.05) is 5.75 Å². The van der Waals surface area contributed by atoms with Crippen molar-refractivity contribution in [1.82, 2.24) is 20.1 Å². The van der Waals surface area contributed by atoms with Crippen LogP contribution in [-0.2, 0) is 17.9 Å². The van der Waals surface area contributed by atoms with Crippen LogP contribution in [0, 0.1) is 13.8 Å². The number of thioether (sulfide) groups is 1. The number of nitrogens with zero attached hydrogens (tertiary/aromatic N) is 3. The third-order valence-electron chi connectivity index (χ3n) is 4.43. The Morgan fingerprint density at radius 1 is 1.37 bits per heavy atom. The third kappa shape index (κ3) is 5.54. The molecule has 30 heavy (non-hydrogen) atoms. The molecule has 0 radical (unpaired) electrons. The lowest BCUT2D eigenvalue weighted by molar-refractivity contribution is -0.118. The van der Waals surface area contributed by atoms with Gasteiger partial charge in [-0.15, -0.1) is 16.8 Å². The van der Waals surface area contributed by atoms with Gasteiger partial charge in [0.05, 0.1) is 18.6 Å².